The first-order valence-electron chi connectivity index (χ1n) is 7.90. The summed E-state index contributed by atoms with van der Waals surface area (Å²) in [5, 5.41) is 2.91. The number of amides is 1. The number of ether oxygens (including phenoxy) is 1. The lowest BCUT2D eigenvalue weighted by atomic mass is 9.80. The quantitative estimate of drug-likeness (QED) is 0.842. The summed E-state index contributed by atoms with van der Waals surface area (Å²) in [6.07, 6.45) is 6.50. The number of hydrogen-bond donors (Lipinski definition) is 1. The number of carbonyl (C=O) groups excluding carboxylic acids is 2. The molecule has 2 rings (SSSR count). The zero-order valence-electron chi connectivity index (χ0n) is 12.9. The van der Waals surface area contributed by atoms with Gasteiger partial charge in [0.1, 0.15) is 12.6 Å². The molecule has 1 N–H and O–H groups in total. The number of ketones is 1. The van der Waals surface area contributed by atoms with Crippen molar-refractivity contribution >= 4 is 11.7 Å². The minimum absolute atomic E-state index is 0.000394. The Hall–Kier alpha value is -0.900. The third-order valence-corrected chi connectivity index (χ3v) is 4.92. The third kappa shape index (κ3) is 3.40. The summed E-state index contributed by atoms with van der Waals surface area (Å²) in [6, 6.07) is -0.439. The van der Waals surface area contributed by atoms with Crippen molar-refractivity contribution in [1.29, 1.82) is 0 Å². The maximum atomic E-state index is 12.3. The second-order valence-corrected chi connectivity index (χ2v) is 6.83. The first kappa shape index (κ1) is 15.5. The molecular weight excluding hydrogens is 254 g/mol. The molecule has 1 saturated heterocycles. The van der Waals surface area contributed by atoms with Crippen LogP contribution in [0.25, 0.3) is 0 Å². The van der Waals surface area contributed by atoms with Crippen molar-refractivity contribution in [2.75, 3.05) is 6.61 Å². The monoisotopic (exact) mass is 281 g/mol. The predicted octanol–water partition coefficient (Wildman–Crippen LogP) is 2.46. The van der Waals surface area contributed by atoms with E-state index in [9.17, 15) is 9.59 Å². The Labute approximate surface area is 121 Å². The first-order valence-corrected chi connectivity index (χ1v) is 7.90. The molecule has 0 aromatic heterocycles. The van der Waals surface area contributed by atoms with Gasteiger partial charge in [-0.05, 0) is 31.1 Å². The van der Waals surface area contributed by atoms with E-state index in [4.69, 9.17) is 4.74 Å². The Balaban J connectivity index is 1.89. The molecule has 1 heterocycles. The highest BCUT2D eigenvalue weighted by Gasteiger charge is 2.38. The highest BCUT2D eigenvalue weighted by Crippen LogP contribution is 2.42. The molecule has 0 aromatic carbocycles. The Morgan fingerprint density at radius 1 is 1.45 bits per heavy atom. The Kier molecular flexibility index (Phi) is 4.84. The van der Waals surface area contributed by atoms with Crippen LogP contribution in [-0.4, -0.2) is 30.4 Å². The van der Waals surface area contributed by atoms with Gasteiger partial charge in [0.05, 0.1) is 6.10 Å². The predicted molar refractivity (Wildman–Crippen MR) is 77.3 cm³/mol. The second-order valence-electron chi connectivity index (χ2n) is 6.83. The summed E-state index contributed by atoms with van der Waals surface area (Å²) in [5.74, 6) is -0.0334. The molecule has 3 atom stereocenters. The molecular formula is C16H27NO3. The number of carbonyl (C=O) groups is 2. The molecule has 1 unspecified atom stereocenters. The van der Waals surface area contributed by atoms with Crippen LogP contribution in [0.5, 0.6) is 0 Å². The van der Waals surface area contributed by atoms with E-state index in [0.29, 0.717) is 5.41 Å². The zero-order chi connectivity index (χ0) is 14.8. The molecule has 0 spiro atoms. The summed E-state index contributed by atoms with van der Waals surface area (Å²) in [5.41, 5.74) is 0.303. The van der Waals surface area contributed by atoms with Gasteiger partial charge in [0.25, 0.3) is 0 Å². The van der Waals surface area contributed by atoms with Crippen molar-refractivity contribution in [1.82, 2.24) is 5.32 Å². The fourth-order valence-corrected chi connectivity index (χ4v) is 3.67. The largest absolute Gasteiger partial charge is 0.368 e. The molecule has 4 nitrogen and oxygen atoms in total. The molecule has 1 aliphatic carbocycles. The number of rotatable bonds is 5. The average molecular weight is 281 g/mol. The van der Waals surface area contributed by atoms with Crippen LogP contribution in [0.2, 0.25) is 0 Å². The van der Waals surface area contributed by atoms with Gasteiger partial charge in [0.2, 0.25) is 5.91 Å². The van der Waals surface area contributed by atoms with Crippen molar-refractivity contribution in [2.45, 2.75) is 71.4 Å². The van der Waals surface area contributed by atoms with Crippen LogP contribution in [0, 0.1) is 11.3 Å². The third-order valence-electron chi connectivity index (χ3n) is 4.92. The van der Waals surface area contributed by atoms with Crippen LogP contribution in [0.4, 0.5) is 0 Å². The number of Topliss-reactive ketones (excluding diaryl/α,β-unsaturated/α-hetero) is 1. The molecule has 2 fully saturated rings. The van der Waals surface area contributed by atoms with E-state index in [1.54, 1.807) is 0 Å². The maximum absolute atomic E-state index is 12.3. The van der Waals surface area contributed by atoms with Crippen molar-refractivity contribution in [3.63, 3.8) is 0 Å². The SMILES string of the molecule is CC[C@@H]1OCC(=O)C1NC(=O)[C@@H](C)CC1(C)CCCC1. The Morgan fingerprint density at radius 3 is 2.70 bits per heavy atom. The molecule has 4 heteroatoms. The van der Waals surface area contributed by atoms with Crippen molar-refractivity contribution in [2.24, 2.45) is 11.3 Å². The van der Waals surface area contributed by atoms with E-state index in [1.807, 2.05) is 13.8 Å². The van der Waals surface area contributed by atoms with Gasteiger partial charge in [-0.15, -0.1) is 0 Å². The minimum atomic E-state index is -0.439. The molecule has 1 saturated carbocycles. The topological polar surface area (TPSA) is 55.4 Å². The van der Waals surface area contributed by atoms with Crippen molar-refractivity contribution in [3.05, 3.63) is 0 Å². The van der Waals surface area contributed by atoms with Gasteiger partial charge >= 0.3 is 0 Å². The standard InChI is InChI=1S/C16H27NO3/c1-4-13-14(12(18)10-20-13)17-15(19)11(2)9-16(3)7-5-6-8-16/h11,13-14H,4-10H2,1-3H3,(H,17,19)/t11-,13-,14?/m0/s1. The van der Waals surface area contributed by atoms with Gasteiger partial charge in [-0.3, -0.25) is 9.59 Å². The van der Waals surface area contributed by atoms with Crippen molar-refractivity contribution in [3.8, 4) is 0 Å². The van der Waals surface area contributed by atoms with Crippen LogP contribution in [-0.2, 0) is 14.3 Å². The summed E-state index contributed by atoms with van der Waals surface area (Å²) in [4.78, 5) is 24.1. The number of hydrogen-bond acceptors (Lipinski definition) is 3. The molecule has 20 heavy (non-hydrogen) atoms. The van der Waals surface area contributed by atoms with E-state index in [0.717, 1.165) is 12.8 Å². The molecule has 0 radical (unpaired) electrons. The van der Waals surface area contributed by atoms with E-state index >= 15 is 0 Å². The first-order chi connectivity index (χ1) is 9.45. The summed E-state index contributed by atoms with van der Waals surface area (Å²) < 4.78 is 5.40. The Bertz CT molecular complexity index is 374. The molecule has 1 amide bonds. The lowest BCUT2D eigenvalue weighted by Gasteiger charge is -2.28. The lowest BCUT2D eigenvalue weighted by Crippen LogP contribution is -2.47. The van der Waals surface area contributed by atoms with Gasteiger partial charge in [0.15, 0.2) is 5.78 Å². The van der Waals surface area contributed by atoms with Crippen molar-refractivity contribution < 1.29 is 14.3 Å². The van der Waals surface area contributed by atoms with Crippen LogP contribution in [0.15, 0.2) is 0 Å². The van der Waals surface area contributed by atoms with Crippen LogP contribution < -0.4 is 5.32 Å². The molecule has 1 aliphatic heterocycles. The van der Waals surface area contributed by atoms with E-state index in [1.165, 1.54) is 25.7 Å². The smallest absolute Gasteiger partial charge is 0.223 e. The molecule has 2 aliphatic rings. The summed E-state index contributed by atoms with van der Waals surface area (Å²) >= 11 is 0. The van der Waals surface area contributed by atoms with E-state index in [2.05, 4.69) is 12.2 Å². The fraction of sp³-hybridized carbons (Fsp3) is 0.875. The molecule has 0 aromatic rings. The van der Waals surface area contributed by atoms with Gasteiger partial charge in [0, 0.05) is 5.92 Å². The van der Waals surface area contributed by atoms with Crippen LogP contribution in [0.3, 0.4) is 0 Å². The second kappa shape index (κ2) is 6.25. The fourth-order valence-electron chi connectivity index (χ4n) is 3.67. The zero-order valence-corrected chi connectivity index (χ0v) is 12.9. The summed E-state index contributed by atoms with van der Waals surface area (Å²) in [6.45, 7) is 6.36. The highest BCUT2D eigenvalue weighted by atomic mass is 16.5. The Morgan fingerprint density at radius 2 is 2.10 bits per heavy atom. The van der Waals surface area contributed by atoms with E-state index < -0.39 is 6.04 Å². The van der Waals surface area contributed by atoms with Crippen LogP contribution >= 0.6 is 0 Å². The molecule has 0 bridgehead atoms. The number of nitrogens with one attached hydrogen (secondary N) is 1. The average Bonchev–Trinajstić information content (AvgIpc) is 2.97. The lowest BCUT2D eigenvalue weighted by molar-refractivity contribution is -0.129. The van der Waals surface area contributed by atoms with Gasteiger partial charge < -0.3 is 10.1 Å². The minimum Gasteiger partial charge on any atom is -0.368 e. The van der Waals surface area contributed by atoms with Gasteiger partial charge in [-0.1, -0.05) is 33.6 Å². The normalized spacial score (nSPS) is 30.4. The molecule has 114 valence electrons. The van der Waals surface area contributed by atoms with E-state index in [-0.39, 0.29) is 30.3 Å². The van der Waals surface area contributed by atoms with Crippen LogP contribution in [0.1, 0.15) is 59.3 Å². The summed E-state index contributed by atoms with van der Waals surface area (Å²) in [7, 11) is 0. The highest BCUT2D eigenvalue weighted by molar-refractivity contribution is 5.92. The van der Waals surface area contributed by atoms with Gasteiger partial charge in [-0.2, -0.15) is 0 Å². The maximum Gasteiger partial charge on any atom is 0.223 e. The van der Waals surface area contributed by atoms with Gasteiger partial charge in [-0.25, -0.2) is 0 Å².